The molecule has 0 aromatic carbocycles. The first-order valence-corrected chi connectivity index (χ1v) is 7.95. The van der Waals surface area contributed by atoms with Gasteiger partial charge in [-0.3, -0.25) is 19.2 Å². The van der Waals surface area contributed by atoms with Crippen LogP contribution >= 0.6 is 0 Å². The van der Waals surface area contributed by atoms with E-state index in [1.54, 1.807) is 0 Å². The quantitative estimate of drug-likeness (QED) is 0.588. The Labute approximate surface area is 134 Å². The molecule has 1 aliphatic heterocycles. The molecule has 23 heavy (non-hydrogen) atoms. The van der Waals surface area contributed by atoms with Crippen LogP contribution in [-0.4, -0.2) is 47.2 Å². The minimum Gasteiger partial charge on any atom is -0.369 e. The predicted octanol–water partition coefficient (Wildman–Crippen LogP) is -1.13. The standard InChI is InChI=1S/C15H24N4O4/c1-9(20)15(17,19-8-11(21)18-7-12(19)22)13(14(16)23)10-5-3-2-4-6-10/h10,13H,2-8,17H2,1H3,(H2,16,23)(H,18,21). The molecule has 1 saturated heterocycles. The Morgan fingerprint density at radius 1 is 1.26 bits per heavy atom. The molecule has 8 heteroatoms. The first-order chi connectivity index (χ1) is 10.8. The molecule has 2 rings (SSSR count). The maximum Gasteiger partial charge on any atom is 0.244 e. The van der Waals surface area contributed by atoms with E-state index in [1.807, 2.05) is 0 Å². The van der Waals surface area contributed by atoms with Gasteiger partial charge in [0.05, 0.1) is 12.5 Å². The highest BCUT2D eigenvalue weighted by atomic mass is 16.2. The van der Waals surface area contributed by atoms with Gasteiger partial charge in [-0.2, -0.15) is 0 Å². The lowest BCUT2D eigenvalue weighted by Gasteiger charge is -2.47. The van der Waals surface area contributed by atoms with Gasteiger partial charge in [0, 0.05) is 0 Å². The van der Waals surface area contributed by atoms with Crippen LogP contribution in [0.2, 0.25) is 0 Å². The molecule has 2 atom stereocenters. The van der Waals surface area contributed by atoms with E-state index in [-0.39, 0.29) is 19.0 Å². The average Bonchev–Trinajstić information content (AvgIpc) is 2.50. The Morgan fingerprint density at radius 3 is 2.39 bits per heavy atom. The normalized spacial score (nSPS) is 23.8. The number of piperazine rings is 1. The van der Waals surface area contributed by atoms with E-state index in [9.17, 15) is 19.2 Å². The Kier molecular flexibility index (Phi) is 5.03. The smallest absolute Gasteiger partial charge is 0.244 e. The van der Waals surface area contributed by atoms with E-state index in [0.717, 1.165) is 37.0 Å². The van der Waals surface area contributed by atoms with Gasteiger partial charge in [-0.1, -0.05) is 19.3 Å². The van der Waals surface area contributed by atoms with E-state index < -0.39 is 35.1 Å². The highest BCUT2D eigenvalue weighted by molar-refractivity contribution is 6.00. The molecule has 0 bridgehead atoms. The maximum absolute atomic E-state index is 12.3. The fraction of sp³-hybridized carbons (Fsp3) is 0.733. The van der Waals surface area contributed by atoms with Gasteiger partial charge in [0.2, 0.25) is 17.7 Å². The van der Waals surface area contributed by atoms with Crippen LogP contribution < -0.4 is 16.8 Å². The number of ketones is 1. The molecule has 0 aromatic heterocycles. The molecule has 8 nitrogen and oxygen atoms in total. The molecule has 2 unspecified atom stereocenters. The lowest BCUT2D eigenvalue weighted by atomic mass is 9.71. The topological polar surface area (TPSA) is 136 Å². The summed E-state index contributed by atoms with van der Waals surface area (Å²) in [5, 5.41) is 2.41. The molecule has 2 aliphatic rings. The third kappa shape index (κ3) is 3.21. The first-order valence-electron chi connectivity index (χ1n) is 7.95. The van der Waals surface area contributed by atoms with Crippen LogP contribution in [0.4, 0.5) is 0 Å². The zero-order valence-electron chi connectivity index (χ0n) is 13.3. The number of hydrogen-bond acceptors (Lipinski definition) is 5. The summed E-state index contributed by atoms with van der Waals surface area (Å²) in [6.07, 6.45) is 4.38. The minimum atomic E-state index is -1.87. The molecule has 3 amide bonds. The summed E-state index contributed by atoms with van der Waals surface area (Å²) in [6.45, 7) is 0.658. The van der Waals surface area contributed by atoms with Crippen molar-refractivity contribution in [2.45, 2.75) is 44.7 Å². The number of nitrogens with two attached hydrogens (primary N) is 2. The number of nitrogens with zero attached hydrogens (tertiary/aromatic N) is 1. The maximum atomic E-state index is 12.3. The van der Waals surface area contributed by atoms with E-state index in [4.69, 9.17) is 11.5 Å². The lowest BCUT2D eigenvalue weighted by Crippen LogP contribution is -2.74. The number of carbonyl (C=O) groups excluding carboxylic acids is 4. The van der Waals surface area contributed by atoms with Crippen LogP contribution in [0.3, 0.4) is 0 Å². The summed E-state index contributed by atoms with van der Waals surface area (Å²) in [5.74, 6) is -3.27. The first kappa shape index (κ1) is 17.4. The van der Waals surface area contributed by atoms with Crippen molar-refractivity contribution in [1.29, 1.82) is 0 Å². The average molecular weight is 324 g/mol. The van der Waals surface area contributed by atoms with Crippen molar-refractivity contribution in [2.24, 2.45) is 23.3 Å². The highest BCUT2D eigenvalue weighted by Crippen LogP contribution is 2.37. The van der Waals surface area contributed by atoms with Crippen molar-refractivity contribution in [2.75, 3.05) is 13.1 Å². The molecule has 0 aromatic rings. The zero-order chi connectivity index (χ0) is 17.2. The second kappa shape index (κ2) is 6.66. The summed E-state index contributed by atoms with van der Waals surface area (Å²) < 4.78 is 0. The minimum absolute atomic E-state index is 0.159. The number of rotatable bonds is 5. The number of carbonyl (C=O) groups is 4. The van der Waals surface area contributed by atoms with E-state index in [0.29, 0.717) is 0 Å². The van der Waals surface area contributed by atoms with Crippen LogP contribution in [0.15, 0.2) is 0 Å². The van der Waals surface area contributed by atoms with E-state index >= 15 is 0 Å². The Bertz CT molecular complexity index is 530. The SMILES string of the molecule is CC(=O)C(N)(C(C(N)=O)C1CCCCC1)N1CC(=O)NCC1=O. The number of nitrogens with one attached hydrogen (secondary N) is 1. The van der Waals surface area contributed by atoms with E-state index in [2.05, 4.69) is 5.32 Å². The van der Waals surface area contributed by atoms with Crippen LogP contribution in [0.5, 0.6) is 0 Å². The van der Waals surface area contributed by atoms with Crippen molar-refractivity contribution in [3.63, 3.8) is 0 Å². The van der Waals surface area contributed by atoms with Gasteiger partial charge in [0.1, 0.15) is 6.54 Å². The number of hydrogen-bond donors (Lipinski definition) is 3. The van der Waals surface area contributed by atoms with Crippen LogP contribution in [0.1, 0.15) is 39.0 Å². The lowest BCUT2D eigenvalue weighted by molar-refractivity contribution is -0.160. The predicted molar refractivity (Wildman–Crippen MR) is 81.6 cm³/mol. The van der Waals surface area contributed by atoms with Gasteiger partial charge in [-0.15, -0.1) is 0 Å². The van der Waals surface area contributed by atoms with Crippen LogP contribution in [-0.2, 0) is 19.2 Å². The molecular formula is C15H24N4O4. The summed E-state index contributed by atoms with van der Waals surface area (Å²) in [5.41, 5.74) is 10.0. The highest BCUT2D eigenvalue weighted by Gasteiger charge is 2.53. The molecule has 1 heterocycles. The fourth-order valence-corrected chi connectivity index (χ4v) is 3.75. The number of Topliss-reactive ketones (excluding diaryl/α,β-unsaturated/α-hetero) is 1. The van der Waals surface area contributed by atoms with Gasteiger partial charge >= 0.3 is 0 Å². The van der Waals surface area contributed by atoms with Crippen LogP contribution in [0, 0.1) is 11.8 Å². The summed E-state index contributed by atoms with van der Waals surface area (Å²) >= 11 is 0. The largest absolute Gasteiger partial charge is 0.369 e. The van der Waals surface area contributed by atoms with Gasteiger partial charge in [-0.25, -0.2) is 0 Å². The molecule has 5 N–H and O–H groups in total. The van der Waals surface area contributed by atoms with E-state index in [1.165, 1.54) is 6.92 Å². The molecule has 0 spiro atoms. The van der Waals surface area contributed by atoms with Crippen molar-refractivity contribution in [1.82, 2.24) is 10.2 Å². The summed E-state index contributed by atoms with van der Waals surface area (Å²) in [7, 11) is 0. The molecule has 1 saturated carbocycles. The van der Waals surface area contributed by atoms with Gasteiger partial charge in [-0.05, 0) is 25.7 Å². The molecule has 128 valence electrons. The Morgan fingerprint density at radius 2 is 1.87 bits per heavy atom. The van der Waals surface area contributed by atoms with Crippen molar-refractivity contribution in [3.8, 4) is 0 Å². The van der Waals surface area contributed by atoms with Crippen molar-refractivity contribution >= 4 is 23.5 Å². The van der Waals surface area contributed by atoms with Gasteiger partial charge < -0.3 is 21.7 Å². The molecule has 0 radical (unpaired) electrons. The number of amides is 3. The molecular weight excluding hydrogens is 300 g/mol. The summed E-state index contributed by atoms with van der Waals surface area (Å²) in [4.78, 5) is 49.4. The molecule has 2 fully saturated rings. The van der Waals surface area contributed by atoms with Crippen LogP contribution in [0.25, 0.3) is 0 Å². The Hall–Kier alpha value is -1.96. The third-order valence-electron chi connectivity index (χ3n) is 4.95. The monoisotopic (exact) mass is 324 g/mol. The molecule has 1 aliphatic carbocycles. The van der Waals surface area contributed by atoms with Crippen molar-refractivity contribution in [3.05, 3.63) is 0 Å². The third-order valence-corrected chi connectivity index (χ3v) is 4.95. The second-order valence-corrected chi connectivity index (χ2v) is 6.42. The van der Waals surface area contributed by atoms with Crippen molar-refractivity contribution < 1.29 is 19.2 Å². The summed E-state index contributed by atoms with van der Waals surface area (Å²) in [6, 6.07) is 0. The second-order valence-electron chi connectivity index (χ2n) is 6.42. The zero-order valence-corrected chi connectivity index (χ0v) is 13.3. The van der Waals surface area contributed by atoms with Gasteiger partial charge in [0.15, 0.2) is 11.4 Å². The number of primary amides is 1. The fourth-order valence-electron chi connectivity index (χ4n) is 3.75. The Balaban J connectivity index is 2.43. The van der Waals surface area contributed by atoms with Gasteiger partial charge in [0.25, 0.3) is 0 Å².